The number of fused-ring (bicyclic) bond motifs is 1. The van der Waals surface area contributed by atoms with Gasteiger partial charge < -0.3 is 14.4 Å². The third kappa shape index (κ3) is 2.98. The lowest BCUT2D eigenvalue weighted by Crippen LogP contribution is -2.57. The van der Waals surface area contributed by atoms with E-state index in [9.17, 15) is 4.79 Å². The van der Waals surface area contributed by atoms with Crippen LogP contribution in [-0.4, -0.2) is 54.6 Å². The van der Waals surface area contributed by atoms with E-state index in [0.29, 0.717) is 19.1 Å². The Labute approximate surface area is 147 Å². The van der Waals surface area contributed by atoms with Crippen LogP contribution in [0.1, 0.15) is 30.4 Å². The first-order valence-corrected chi connectivity index (χ1v) is 9.79. The molecule has 0 aliphatic carbocycles. The molecule has 1 amide bonds. The van der Waals surface area contributed by atoms with Gasteiger partial charge in [0, 0.05) is 36.8 Å². The molecule has 1 spiro atoms. The number of benzene rings is 1. The fourth-order valence-corrected chi connectivity index (χ4v) is 5.43. The lowest BCUT2D eigenvalue weighted by molar-refractivity contribution is -0.141. The number of aryl methyl sites for hydroxylation is 1. The molecule has 4 nitrogen and oxygen atoms in total. The van der Waals surface area contributed by atoms with E-state index in [-0.39, 0.29) is 10.8 Å². The van der Waals surface area contributed by atoms with E-state index >= 15 is 0 Å². The molecule has 2 saturated heterocycles. The van der Waals surface area contributed by atoms with Gasteiger partial charge in [0.05, 0.1) is 11.9 Å². The fourth-order valence-electron chi connectivity index (χ4n) is 4.20. The molecule has 1 unspecified atom stereocenters. The first-order chi connectivity index (χ1) is 11.7. The fraction of sp³-hybridized carbons (Fsp3) is 0.632. The van der Waals surface area contributed by atoms with Crippen LogP contribution in [0, 0.1) is 6.92 Å². The Morgan fingerprint density at radius 2 is 1.88 bits per heavy atom. The van der Waals surface area contributed by atoms with Crippen LogP contribution in [-0.2, 0) is 20.7 Å². The van der Waals surface area contributed by atoms with E-state index < -0.39 is 0 Å². The van der Waals surface area contributed by atoms with Crippen molar-refractivity contribution in [3.8, 4) is 0 Å². The predicted molar refractivity (Wildman–Crippen MR) is 94.5 cm³/mol. The summed E-state index contributed by atoms with van der Waals surface area (Å²) in [6.07, 6.45) is 3.66. The molecule has 2 fully saturated rings. The molecule has 3 heterocycles. The quantitative estimate of drug-likeness (QED) is 0.783. The third-order valence-corrected chi connectivity index (χ3v) is 6.90. The summed E-state index contributed by atoms with van der Waals surface area (Å²) in [4.78, 5) is 16.8. The van der Waals surface area contributed by atoms with Crippen LogP contribution in [0.5, 0.6) is 0 Å². The SMILES string of the molecule is Cc1ccc2c(c1)CC(C(=O)N1CCOCCC13CCOCC3)S2. The molecule has 3 aliphatic rings. The highest BCUT2D eigenvalue weighted by Crippen LogP contribution is 2.41. The minimum absolute atomic E-state index is 0.0135. The Morgan fingerprint density at radius 3 is 2.62 bits per heavy atom. The van der Waals surface area contributed by atoms with Gasteiger partial charge in [-0.2, -0.15) is 0 Å². The van der Waals surface area contributed by atoms with Crippen LogP contribution < -0.4 is 0 Å². The maximum Gasteiger partial charge on any atom is 0.236 e. The number of ether oxygens (including phenoxy) is 2. The molecular formula is C19H25NO3S. The summed E-state index contributed by atoms with van der Waals surface area (Å²) in [5, 5.41) is 0.0135. The van der Waals surface area contributed by atoms with Crippen molar-refractivity contribution in [1.29, 1.82) is 0 Å². The van der Waals surface area contributed by atoms with Crippen LogP contribution in [0.4, 0.5) is 0 Å². The largest absolute Gasteiger partial charge is 0.381 e. The number of amides is 1. The molecule has 1 aromatic rings. The summed E-state index contributed by atoms with van der Waals surface area (Å²) in [6, 6.07) is 6.53. The molecule has 4 rings (SSSR count). The summed E-state index contributed by atoms with van der Waals surface area (Å²) in [5.74, 6) is 0.293. The lowest BCUT2D eigenvalue weighted by Gasteiger charge is -2.45. The highest BCUT2D eigenvalue weighted by molar-refractivity contribution is 8.01. The second kappa shape index (κ2) is 6.70. The zero-order chi connectivity index (χ0) is 16.6. The smallest absolute Gasteiger partial charge is 0.236 e. The van der Waals surface area contributed by atoms with E-state index in [2.05, 4.69) is 30.0 Å². The Morgan fingerprint density at radius 1 is 1.17 bits per heavy atom. The van der Waals surface area contributed by atoms with Gasteiger partial charge in [-0.15, -0.1) is 11.8 Å². The molecule has 0 bridgehead atoms. The number of hydrogen-bond donors (Lipinski definition) is 0. The molecule has 0 N–H and O–H groups in total. The number of thioether (sulfide) groups is 1. The zero-order valence-corrected chi connectivity index (χ0v) is 15.1. The normalized spacial score (nSPS) is 26.2. The highest BCUT2D eigenvalue weighted by Gasteiger charge is 2.44. The van der Waals surface area contributed by atoms with Crippen LogP contribution in [0.3, 0.4) is 0 Å². The first kappa shape index (κ1) is 16.4. The van der Waals surface area contributed by atoms with Crippen molar-refractivity contribution < 1.29 is 14.3 Å². The second-order valence-electron chi connectivity index (χ2n) is 7.11. The predicted octanol–water partition coefficient (Wildman–Crippen LogP) is 2.81. The van der Waals surface area contributed by atoms with E-state index in [1.165, 1.54) is 16.0 Å². The molecule has 130 valence electrons. The molecule has 0 aromatic heterocycles. The standard InChI is InChI=1S/C19H25NO3S/c1-14-2-3-16-15(12-14)13-17(24-16)18(21)20-7-11-23-10-6-19(20)4-8-22-9-5-19/h2-3,12,17H,4-11,13H2,1H3. The van der Waals surface area contributed by atoms with Gasteiger partial charge in [-0.3, -0.25) is 4.79 Å². The molecule has 0 radical (unpaired) electrons. The number of hydrogen-bond acceptors (Lipinski definition) is 4. The molecule has 0 saturated carbocycles. The van der Waals surface area contributed by atoms with E-state index in [0.717, 1.165) is 45.5 Å². The van der Waals surface area contributed by atoms with Gasteiger partial charge in [0.1, 0.15) is 0 Å². The maximum absolute atomic E-state index is 13.4. The Kier molecular flexibility index (Phi) is 4.58. The molecule has 1 atom stereocenters. The van der Waals surface area contributed by atoms with Crippen LogP contribution >= 0.6 is 11.8 Å². The van der Waals surface area contributed by atoms with Crippen molar-refractivity contribution in [3.05, 3.63) is 29.3 Å². The summed E-state index contributed by atoms with van der Waals surface area (Å²) >= 11 is 1.74. The topological polar surface area (TPSA) is 38.8 Å². The number of carbonyl (C=O) groups is 1. The minimum Gasteiger partial charge on any atom is -0.381 e. The molecule has 1 aromatic carbocycles. The van der Waals surface area contributed by atoms with E-state index in [4.69, 9.17) is 9.47 Å². The molecule has 3 aliphatic heterocycles. The Balaban J connectivity index is 1.56. The van der Waals surface area contributed by atoms with E-state index in [1.807, 2.05) is 0 Å². The molecule has 24 heavy (non-hydrogen) atoms. The zero-order valence-electron chi connectivity index (χ0n) is 14.3. The number of carbonyl (C=O) groups excluding carboxylic acids is 1. The molecule has 5 heteroatoms. The summed E-state index contributed by atoms with van der Waals surface area (Å²) < 4.78 is 11.3. The third-order valence-electron chi connectivity index (χ3n) is 5.60. The summed E-state index contributed by atoms with van der Waals surface area (Å²) in [7, 11) is 0. The Hall–Kier alpha value is -1.04. The van der Waals surface area contributed by atoms with Gasteiger partial charge in [0.25, 0.3) is 0 Å². The van der Waals surface area contributed by atoms with Gasteiger partial charge >= 0.3 is 0 Å². The van der Waals surface area contributed by atoms with Crippen LogP contribution in [0.15, 0.2) is 23.1 Å². The summed E-state index contributed by atoms with van der Waals surface area (Å²) in [5.41, 5.74) is 2.54. The van der Waals surface area contributed by atoms with Crippen molar-refractivity contribution in [2.75, 3.05) is 33.0 Å². The summed E-state index contributed by atoms with van der Waals surface area (Å²) in [6.45, 7) is 5.73. The average molecular weight is 347 g/mol. The number of nitrogens with zero attached hydrogens (tertiary/aromatic N) is 1. The second-order valence-corrected chi connectivity index (χ2v) is 8.36. The van der Waals surface area contributed by atoms with Gasteiger partial charge in [-0.1, -0.05) is 17.7 Å². The Bertz CT molecular complexity index is 627. The van der Waals surface area contributed by atoms with Gasteiger partial charge in [0.15, 0.2) is 0 Å². The van der Waals surface area contributed by atoms with Gasteiger partial charge in [-0.05, 0) is 44.2 Å². The average Bonchev–Trinajstić information content (AvgIpc) is 2.91. The maximum atomic E-state index is 13.4. The minimum atomic E-state index is -0.0584. The van der Waals surface area contributed by atoms with Crippen molar-refractivity contribution in [2.45, 2.75) is 48.3 Å². The van der Waals surface area contributed by atoms with Gasteiger partial charge in [-0.25, -0.2) is 0 Å². The highest BCUT2D eigenvalue weighted by atomic mass is 32.2. The van der Waals surface area contributed by atoms with Crippen molar-refractivity contribution in [1.82, 2.24) is 4.90 Å². The van der Waals surface area contributed by atoms with Crippen molar-refractivity contribution >= 4 is 17.7 Å². The van der Waals surface area contributed by atoms with Gasteiger partial charge in [0.2, 0.25) is 5.91 Å². The first-order valence-electron chi connectivity index (χ1n) is 8.91. The van der Waals surface area contributed by atoms with Crippen LogP contribution in [0.25, 0.3) is 0 Å². The molecular weight excluding hydrogens is 322 g/mol. The van der Waals surface area contributed by atoms with Crippen molar-refractivity contribution in [2.24, 2.45) is 0 Å². The monoisotopic (exact) mass is 347 g/mol. The lowest BCUT2D eigenvalue weighted by atomic mass is 9.84. The van der Waals surface area contributed by atoms with Crippen LogP contribution in [0.2, 0.25) is 0 Å². The number of rotatable bonds is 1. The van der Waals surface area contributed by atoms with E-state index in [1.54, 1.807) is 11.8 Å². The van der Waals surface area contributed by atoms with Crippen molar-refractivity contribution in [3.63, 3.8) is 0 Å².